The Morgan fingerprint density at radius 3 is 2.47 bits per heavy atom. The molecule has 0 radical (unpaired) electrons. The molecule has 104 valence electrons. The van der Waals surface area contributed by atoms with Crippen LogP contribution in [0.4, 0.5) is 5.69 Å². The minimum atomic E-state index is -0.201. The zero-order chi connectivity index (χ0) is 14.2. The Morgan fingerprint density at radius 1 is 1.37 bits per heavy atom. The SMILES string of the molecule is Cc1c(NC(=O)C2CCC2)c(C(=O)N(C)C)nn1C. The van der Waals surface area contributed by atoms with Crippen molar-refractivity contribution in [3.8, 4) is 0 Å². The van der Waals surface area contributed by atoms with Crippen LogP contribution < -0.4 is 5.32 Å². The van der Waals surface area contributed by atoms with E-state index in [4.69, 9.17) is 0 Å². The maximum absolute atomic E-state index is 12.1. The van der Waals surface area contributed by atoms with Gasteiger partial charge in [0.05, 0.1) is 11.4 Å². The van der Waals surface area contributed by atoms with Crippen molar-refractivity contribution in [2.24, 2.45) is 13.0 Å². The van der Waals surface area contributed by atoms with Gasteiger partial charge >= 0.3 is 0 Å². The molecule has 1 aromatic heterocycles. The van der Waals surface area contributed by atoms with Crippen molar-refractivity contribution in [2.75, 3.05) is 19.4 Å². The molecule has 0 unspecified atom stereocenters. The van der Waals surface area contributed by atoms with E-state index in [-0.39, 0.29) is 17.7 Å². The van der Waals surface area contributed by atoms with Crippen molar-refractivity contribution in [3.63, 3.8) is 0 Å². The summed E-state index contributed by atoms with van der Waals surface area (Å²) in [5.41, 5.74) is 1.63. The summed E-state index contributed by atoms with van der Waals surface area (Å²) in [6.45, 7) is 1.84. The Balaban J connectivity index is 2.27. The average molecular weight is 264 g/mol. The van der Waals surface area contributed by atoms with Gasteiger partial charge in [-0.2, -0.15) is 5.10 Å². The molecule has 0 saturated heterocycles. The van der Waals surface area contributed by atoms with Crippen LogP contribution in [0.5, 0.6) is 0 Å². The summed E-state index contributed by atoms with van der Waals surface area (Å²) in [6, 6.07) is 0. The predicted molar refractivity (Wildman–Crippen MR) is 71.9 cm³/mol. The quantitative estimate of drug-likeness (QED) is 0.891. The molecule has 1 heterocycles. The summed E-state index contributed by atoms with van der Waals surface area (Å²) in [5.74, 6) is -0.121. The van der Waals surface area contributed by atoms with Crippen LogP contribution in [-0.2, 0) is 11.8 Å². The van der Waals surface area contributed by atoms with Crippen molar-refractivity contribution in [1.29, 1.82) is 0 Å². The lowest BCUT2D eigenvalue weighted by molar-refractivity contribution is -0.122. The Kier molecular flexibility index (Phi) is 3.59. The molecule has 0 atom stereocenters. The lowest BCUT2D eigenvalue weighted by Gasteiger charge is -2.24. The van der Waals surface area contributed by atoms with Crippen LogP contribution in [0.2, 0.25) is 0 Å². The molecule has 0 bridgehead atoms. The third-order valence-electron chi connectivity index (χ3n) is 3.67. The van der Waals surface area contributed by atoms with Gasteiger partial charge in [0.1, 0.15) is 0 Å². The first-order valence-corrected chi connectivity index (χ1v) is 6.48. The third kappa shape index (κ3) is 2.47. The van der Waals surface area contributed by atoms with Gasteiger partial charge in [-0.1, -0.05) is 6.42 Å². The number of hydrogen-bond donors (Lipinski definition) is 1. The predicted octanol–water partition coefficient (Wildman–Crippen LogP) is 1.17. The van der Waals surface area contributed by atoms with Gasteiger partial charge in [-0.15, -0.1) is 0 Å². The maximum Gasteiger partial charge on any atom is 0.276 e. The van der Waals surface area contributed by atoms with Crippen LogP contribution in [0.15, 0.2) is 0 Å². The summed E-state index contributed by atoms with van der Waals surface area (Å²) in [5, 5.41) is 7.07. The monoisotopic (exact) mass is 264 g/mol. The number of amides is 2. The molecule has 0 spiro atoms. The molecule has 1 aromatic rings. The number of aryl methyl sites for hydroxylation is 1. The van der Waals surface area contributed by atoms with Crippen LogP contribution in [0.25, 0.3) is 0 Å². The number of rotatable bonds is 3. The lowest BCUT2D eigenvalue weighted by Crippen LogP contribution is -2.30. The molecule has 1 N–H and O–H groups in total. The fraction of sp³-hybridized carbons (Fsp3) is 0.615. The minimum absolute atomic E-state index is 0.00449. The van der Waals surface area contributed by atoms with Gasteiger partial charge in [-0.25, -0.2) is 0 Å². The van der Waals surface area contributed by atoms with Crippen LogP contribution in [0.1, 0.15) is 35.4 Å². The van der Waals surface area contributed by atoms with Gasteiger partial charge in [0, 0.05) is 27.1 Å². The number of hydrogen-bond acceptors (Lipinski definition) is 3. The number of carbonyl (C=O) groups excluding carboxylic acids is 2. The van der Waals surface area contributed by atoms with Gasteiger partial charge in [-0.05, 0) is 19.8 Å². The van der Waals surface area contributed by atoms with E-state index in [1.807, 2.05) is 6.92 Å². The standard InChI is InChI=1S/C13H20N4O2/c1-8-10(14-12(18)9-6-5-7-9)11(15-17(8)4)13(19)16(2)3/h9H,5-7H2,1-4H3,(H,14,18). The van der Waals surface area contributed by atoms with Crippen molar-refractivity contribution < 1.29 is 9.59 Å². The molecule has 1 fully saturated rings. The van der Waals surface area contributed by atoms with Crippen LogP contribution in [-0.4, -0.2) is 40.6 Å². The number of carbonyl (C=O) groups is 2. The Labute approximate surface area is 112 Å². The number of nitrogens with one attached hydrogen (secondary N) is 1. The van der Waals surface area contributed by atoms with E-state index in [1.165, 1.54) is 4.90 Å². The number of nitrogens with zero attached hydrogens (tertiary/aromatic N) is 3. The van der Waals surface area contributed by atoms with Gasteiger partial charge in [0.15, 0.2) is 5.69 Å². The highest BCUT2D eigenvalue weighted by Gasteiger charge is 2.28. The Bertz CT molecular complexity index is 515. The highest BCUT2D eigenvalue weighted by molar-refractivity contribution is 6.03. The van der Waals surface area contributed by atoms with E-state index in [1.54, 1.807) is 25.8 Å². The second kappa shape index (κ2) is 5.03. The van der Waals surface area contributed by atoms with Crippen LogP contribution >= 0.6 is 0 Å². The van der Waals surface area contributed by atoms with E-state index in [2.05, 4.69) is 10.4 Å². The van der Waals surface area contributed by atoms with E-state index in [0.717, 1.165) is 25.0 Å². The van der Waals surface area contributed by atoms with Gasteiger partial charge in [0.25, 0.3) is 5.91 Å². The van der Waals surface area contributed by atoms with E-state index < -0.39 is 0 Å². The first-order chi connectivity index (χ1) is 8.91. The van der Waals surface area contributed by atoms with Crippen LogP contribution in [0.3, 0.4) is 0 Å². The Hall–Kier alpha value is -1.85. The maximum atomic E-state index is 12.1. The fourth-order valence-corrected chi connectivity index (χ4v) is 2.02. The molecule has 0 aliphatic heterocycles. The molecular formula is C13H20N4O2. The summed E-state index contributed by atoms with van der Waals surface area (Å²) in [4.78, 5) is 25.6. The normalized spacial score (nSPS) is 14.9. The summed E-state index contributed by atoms with van der Waals surface area (Å²) >= 11 is 0. The summed E-state index contributed by atoms with van der Waals surface area (Å²) in [7, 11) is 5.11. The van der Waals surface area contributed by atoms with Gasteiger partial charge in [0.2, 0.25) is 5.91 Å². The molecule has 1 aliphatic carbocycles. The minimum Gasteiger partial charge on any atom is -0.343 e. The highest BCUT2D eigenvalue weighted by atomic mass is 16.2. The average Bonchev–Trinajstić information content (AvgIpc) is 2.53. The first-order valence-electron chi connectivity index (χ1n) is 6.48. The number of anilines is 1. The fourth-order valence-electron chi connectivity index (χ4n) is 2.02. The summed E-state index contributed by atoms with van der Waals surface area (Å²) in [6.07, 6.45) is 2.97. The highest BCUT2D eigenvalue weighted by Crippen LogP contribution is 2.29. The molecule has 19 heavy (non-hydrogen) atoms. The topological polar surface area (TPSA) is 67.2 Å². The lowest BCUT2D eigenvalue weighted by atomic mass is 9.85. The van der Waals surface area contributed by atoms with Gasteiger partial charge < -0.3 is 10.2 Å². The zero-order valence-electron chi connectivity index (χ0n) is 11.9. The van der Waals surface area contributed by atoms with E-state index >= 15 is 0 Å². The van der Waals surface area contributed by atoms with Crippen molar-refractivity contribution in [1.82, 2.24) is 14.7 Å². The molecule has 2 rings (SSSR count). The van der Waals surface area contributed by atoms with Crippen LogP contribution in [0, 0.1) is 12.8 Å². The molecule has 1 aliphatic rings. The second-order valence-corrected chi connectivity index (χ2v) is 5.25. The van der Waals surface area contributed by atoms with E-state index in [9.17, 15) is 9.59 Å². The molecule has 6 nitrogen and oxygen atoms in total. The molecule has 1 saturated carbocycles. The van der Waals surface area contributed by atoms with Crippen molar-refractivity contribution in [3.05, 3.63) is 11.4 Å². The Morgan fingerprint density at radius 2 is 2.00 bits per heavy atom. The largest absolute Gasteiger partial charge is 0.343 e. The van der Waals surface area contributed by atoms with Crippen molar-refractivity contribution in [2.45, 2.75) is 26.2 Å². The molecule has 0 aromatic carbocycles. The second-order valence-electron chi connectivity index (χ2n) is 5.25. The van der Waals surface area contributed by atoms with E-state index in [0.29, 0.717) is 11.4 Å². The number of aromatic nitrogens is 2. The van der Waals surface area contributed by atoms with Gasteiger partial charge in [-0.3, -0.25) is 14.3 Å². The van der Waals surface area contributed by atoms with Crippen molar-refractivity contribution >= 4 is 17.5 Å². The summed E-state index contributed by atoms with van der Waals surface area (Å²) < 4.78 is 1.62. The third-order valence-corrected chi connectivity index (χ3v) is 3.67. The molecule has 2 amide bonds. The first kappa shape index (κ1) is 13.6. The zero-order valence-corrected chi connectivity index (χ0v) is 11.9. The smallest absolute Gasteiger partial charge is 0.276 e. The molecular weight excluding hydrogens is 244 g/mol. The molecule has 6 heteroatoms.